The smallest absolute Gasteiger partial charge is 0.160 e. The molecule has 214 valence electrons. The van der Waals surface area contributed by atoms with Crippen LogP contribution in [0.25, 0.3) is 67.3 Å². The highest BCUT2D eigenvalue weighted by atomic mass is 14.9. The van der Waals surface area contributed by atoms with Gasteiger partial charge in [0.2, 0.25) is 0 Å². The van der Waals surface area contributed by atoms with Gasteiger partial charge in [-0.1, -0.05) is 159 Å². The highest BCUT2D eigenvalue weighted by Crippen LogP contribution is 2.52. The third-order valence-corrected chi connectivity index (χ3v) is 9.12. The number of hydrogen-bond donors (Lipinski definition) is 0. The Morgan fingerprint density at radius 3 is 1.58 bits per heavy atom. The fraction of sp³-hybridized carbons (Fsp3) is 0.0698. The van der Waals surface area contributed by atoms with Gasteiger partial charge in [0.15, 0.2) is 5.82 Å². The molecule has 1 heterocycles. The summed E-state index contributed by atoms with van der Waals surface area (Å²) in [7, 11) is 0. The Bertz CT molecular complexity index is 2100. The van der Waals surface area contributed by atoms with E-state index in [9.17, 15) is 0 Å². The summed E-state index contributed by atoms with van der Waals surface area (Å²) in [5.74, 6) is 0.719. The van der Waals surface area contributed by atoms with Gasteiger partial charge in [0.05, 0.1) is 11.4 Å². The fourth-order valence-electron chi connectivity index (χ4n) is 6.76. The Morgan fingerprint density at radius 1 is 0.378 bits per heavy atom. The van der Waals surface area contributed by atoms with Crippen molar-refractivity contribution in [3.8, 4) is 67.3 Å². The zero-order chi connectivity index (χ0) is 30.4. The van der Waals surface area contributed by atoms with Gasteiger partial charge in [-0.25, -0.2) is 9.97 Å². The van der Waals surface area contributed by atoms with E-state index in [1.165, 1.54) is 38.9 Å². The highest BCUT2D eigenvalue weighted by Gasteiger charge is 2.36. The first-order valence-corrected chi connectivity index (χ1v) is 15.5. The minimum absolute atomic E-state index is 0.0182. The summed E-state index contributed by atoms with van der Waals surface area (Å²) in [5, 5.41) is 0. The van der Waals surface area contributed by atoms with Gasteiger partial charge in [0.25, 0.3) is 0 Å². The van der Waals surface area contributed by atoms with Crippen LogP contribution in [0.3, 0.4) is 0 Å². The summed E-state index contributed by atoms with van der Waals surface area (Å²) in [6.07, 6.45) is 0. The lowest BCUT2D eigenvalue weighted by Gasteiger charge is -2.21. The molecule has 0 saturated heterocycles. The van der Waals surface area contributed by atoms with Crippen molar-refractivity contribution in [3.05, 3.63) is 169 Å². The zero-order valence-corrected chi connectivity index (χ0v) is 25.4. The van der Waals surface area contributed by atoms with Crippen molar-refractivity contribution in [1.82, 2.24) is 9.97 Å². The highest BCUT2D eigenvalue weighted by molar-refractivity contribution is 5.93. The summed E-state index contributed by atoms with van der Waals surface area (Å²) < 4.78 is 0. The minimum Gasteiger partial charge on any atom is -0.228 e. The molecule has 1 aliphatic rings. The van der Waals surface area contributed by atoms with Crippen molar-refractivity contribution in [1.29, 1.82) is 0 Å². The normalized spacial score (nSPS) is 12.8. The first-order chi connectivity index (χ1) is 22.1. The predicted molar refractivity (Wildman–Crippen MR) is 187 cm³/mol. The molecule has 6 aromatic carbocycles. The number of rotatable bonds is 5. The third kappa shape index (κ3) is 4.76. The Hall–Kier alpha value is -5.60. The van der Waals surface area contributed by atoms with Gasteiger partial charge in [-0.15, -0.1) is 0 Å². The standard InChI is InChI=1S/C43H32N2/c1-43(2)37-21-10-9-19-36(37)41-35(20-12-22-38(41)43)34-18-11-17-33(27-34)29-23-25-32(26-24-29)42-44-39(30-13-5-3-6-14-30)28-40(45-42)31-15-7-4-8-16-31/h3-28H,1-2H3. The van der Waals surface area contributed by atoms with Crippen LogP contribution < -0.4 is 0 Å². The Morgan fingerprint density at radius 2 is 0.889 bits per heavy atom. The van der Waals surface area contributed by atoms with E-state index in [0.717, 1.165) is 39.5 Å². The molecule has 7 aromatic rings. The molecule has 0 aliphatic heterocycles. The zero-order valence-electron chi connectivity index (χ0n) is 25.4. The molecule has 2 nitrogen and oxygen atoms in total. The summed E-state index contributed by atoms with van der Waals surface area (Å²) in [6.45, 7) is 4.67. The molecule has 0 unspecified atom stereocenters. The van der Waals surface area contributed by atoms with E-state index in [4.69, 9.17) is 9.97 Å². The second-order valence-corrected chi connectivity index (χ2v) is 12.3. The molecule has 1 aliphatic carbocycles. The second kappa shape index (κ2) is 10.8. The van der Waals surface area contributed by atoms with Crippen LogP contribution in [0.4, 0.5) is 0 Å². The molecule has 0 atom stereocenters. The van der Waals surface area contributed by atoms with Crippen molar-refractivity contribution < 1.29 is 0 Å². The van der Waals surface area contributed by atoms with Crippen molar-refractivity contribution in [3.63, 3.8) is 0 Å². The van der Waals surface area contributed by atoms with E-state index >= 15 is 0 Å². The van der Waals surface area contributed by atoms with Crippen LogP contribution in [-0.2, 0) is 5.41 Å². The lowest BCUT2D eigenvalue weighted by Crippen LogP contribution is -2.14. The molecule has 0 bridgehead atoms. The first kappa shape index (κ1) is 27.0. The van der Waals surface area contributed by atoms with E-state index in [0.29, 0.717) is 0 Å². The SMILES string of the molecule is CC1(C)c2ccccc2-c2c(-c3cccc(-c4ccc(-c5nc(-c6ccccc6)cc(-c6ccccc6)n5)cc4)c3)cccc21. The van der Waals surface area contributed by atoms with Crippen molar-refractivity contribution >= 4 is 0 Å². The molecule has 0 radical (unpaired) electrons. The first-order valence-electron chi connectivity index (χ1n) is 15.5. The maximum atomic E-state index is 5.01. The van der Waals surface area contributed by atoms with Crippen LogP contribution in [0, 0.1) is 0 Å². The molecule has 1 aromatic heterocycles. The van der Waals surface area contributed by atoms with E-state index in [-0.39, 0.29) is 5.41 Å². The lowest BCUT2D eigenvalue weighted by molar-refractivity contribution is 0.660. The molecule has 45 heavy (non-hydrogen) atoms. The van der Waals surface area contributed by atoms with E-state index in [1.807, 2.05) is 36.4 Å². The molecule has 0 amide bonds. The minimum atomic E-state index is -0.0182. The van der Waals surface area contributed by atoms with Crippen molar-refractivity contribution in [2.75, 3.05) is 0 Å². The Balaban J connectivity index is 1.17. The van der Waals surface area contributed by atoms with Crippen LogP contribution in [0.2, 0.25) is 0 Å². The third-order valence-electron chi connectivity index (χ3n) is 9.12. The summed E-state index contributed by atoms with van der Waals surface area (Å²) in [5.41, 5.74) is 15.3. The fourth-order valence-corrected chi connectivity index (χ4v) is 6.76. The number of benzene rings is 6. The monoisotopic (exact) mass is 576 g/mol. The van der Waals surface area contributed by atoms with E-state index < -0.39 is 0 Å². The average molecular weight is 577 g/mol. The average Bonchev–Trinajstić information content (AvgIpc) is 3.35. The molecule has 0 saturated carbocycles. The number of nitrogens with zero attached hydrogens (tertiary/aromatic N) is 2. The van der Waals surface area contributed by atoms with E-state index in [2.05, 4.69) is 135 Å². The molecule has 2 heteroatoms. The van der Waals surface area contributed by atoms with Crippen LogP contribution in [0.5, 0.6) is 0 Å². The second-order valence-electron chi connectivity index (χ2n) is 12.3. The van der Waals surface area contributed by atoms with Crippen LogP contribution in [0.1, 0.15) is 25.0 Å². The van der Waals surface area contributed by atoms with Crippen molar-refractivity contribution in [2.24, 2.45) is 0 Å². The van der Waals surface area contributed by atoms with Crippen LogP contribution in [-0.4, -0.2) is 9.97 Å². The topological polar surface area (TPSA) is 25.8 Å². The van der Waals surface area contributed by atoms with Gasteiger partial charge >= 0.3 is 0 Å². The maximum absolute atomic E-state index is 5.01. The van der Waals surface area contributed by atoms with Gasteiger partial charge in [0, 0.05) is 22.1 Å². The quantitative estimate of drug-likeness (QED) is 0.204. The molecule has 0 spiro atoms. The summed E-state index contributed by atoms with van der Waals surface area (Å²) >= 11 is 0. The van der Waals surface area contributed by atoms with Gasteiger partial charge in [-0.2, -0.15) is 0 Å². The molecular weight excluding hydrogens is 544 g/mol. The van der Waals surface area contributed by atoms with Gasteiger partial charge in [-0.3, -0.25) is 0 Å². The summed E-state index contributed by atoms with van der Waals surface area (Å²) in [6, 6.07) is 55.9. The number of aromatic nitrogens is 2. The lowest BCUT2D eigenvalue weighted by atomic mass is 9.82. The molecule has 8 rings (SSSR count). The van der Waals surface area contributed by atoms with Crippen molar-refractivity contribution in [2.45, 2.75) is 19.3 Å². The number of fused-ring (bicyclic) bond motifs is 3. The molecule has 0 N–H and O–H groups in total. The van der Waals surface area contributed by atoms with Gasteiger partial charge < -0.3 is 0 Å². The largest absolute Gasteiger partial charge is 0.228 e. The predicted octanol–water partition coefficient (Wildman–Crippen LogP) is 11.1. The van der Waals surface area contributed by atoms with Crippen LogP contribution >= 0.6 is 0 Å². The van der Waals surface area contributed by atoms with Gasteiger partial charge in [0.1, 0.15) is 0 Å². The van der Waals surface area contributed by atoms with Crippen LogP contribution in [0.15, 0.2) is 158 Å². The number of hydrogen-bond acceptors (Lipinski definition) is 2. The molecular formula is C43H32N2. The van der Waals surface area contributed by atoms with E-state index in [1.54, 1.807) is 0 Å². The summed E-state index contributed by atoms with van der Waals surface area (Å²) in [4.78, 5) is 10.0. The van der Waals surface area contributed by atoms with Gasteiger partial charge in [-0.05, 0) is 56.6 Å². The molecule has 0 fully saturated rings. The Labute approximate surface area is 264 Å². The maximum Gasteiger partial charge on any atom is 0.160 e. The Kier molecular flexibility index (Phi) is 6.50.